The molecule has 0 radical (unpaired) electrons. The summed E-state index contributed by atoms with van der Waals surface area (Å²) in [6.45, 7) is 4.30. The van der Waals surface area contributed by atoms with E-state index in [4.69, 9.17) is 5.73 Å². The van der Waals surface area contributed by atoms with Crippen molar-refractivity contribution in [3.8, 4) is 0 Å². The largest absolute Gasteiger partial charge is 0.365 e. The molecule has 2 aromatic heterocycles. The van der Waals surface area contributed by atoms with Gasteiger partial charge in [0.25, 0.3) is 5.91 Å². The summed E-state index contributed by atoms with van der Waals surface area (Å²) in [5.41, 5.74) is 6.98. The van der Waals surface area contributed by atoms with Gasteiger partial charge in [-0.05, 0) is 55.7 Å². The number of hydrogen-bond donors (Lipinski definition) is 2. The van der Waals surface area contributed by atoms with Crippen LogP contribution in [0.15, 0.2) is 48.9 Å². The number of anilines is 2. The highest BCUT2D eigenvalue weighted by atomic mass is 19.1. The highest BCUT2D eigenvalue weighted by Crippen LogP contribution is 2.32. The molecule has 162 valence electrons. The lowest BCUT2D eigenvalue weighted by Crippen LogP contribution is -2.44. The van der Waals surface area contributed by atoms with Crippen LogP contribution >= 0.6 is 0 Å². The molecule has 9 heteroatoms. The van der Waals surface area contributed by atoms with Crippen molar-refractivity contribution in [2.45, 2.75) is 31.8 Å². The maximum atomic E-state index is 13.4. The number of likely N-dealkylation sites (tertiary alicyclic amines) is 1. The van der Waals surface area contributed by atoms with Crippen molar-refractivity contribution < 1.29 is 13.6 Å². The first-order valence-corrected chi connectivity index (χ1v) is 10.1. The number of amides is 1. The van der Waals surface area contributed by atoms with Gasteiger partial charge in [-0.1, -0.05) is 0 Å². The molecule has 7 nitrogen and oxygen atoms in total. The summed E-state index contributed by atoms with van der Waals surface area (Å²) in [7, 11) is 0. The molecule has 0 spiro atoms. The van der Waals surface area contributed by atoms with Crippen molar-refractivity contribution in [3.63, 3.8) is 0 Å². The normalized spacial score (nSPS) is 16.2. The van der Waals surface area contributed by atoms with Crippen LogP contribution in [-0.2, 0) is 12.1 Å². The average Bonchev–Trinajstić information content (AvgIpc) is 3.17. The van der Waals surface area contributed by atoms with Crippen molar-refractivity contribution in [1.82, 2.24) is 19.7 Å². The molecule has 0 atom stereocenters. The lowest BCUT2D eigenvalue weighted by molar-refractivity contribution is 0.0997. The molecule has 0 aliphatic carbocycles. The first-order chi connectivity index (χ1) is 14.8. The molecule has 4 rings (SSSR count). The van der Waals surface area contributed by atoms with E-state index < -0.39 is 5.91 Å². The maximum absolute atomic E-state index is 13.4. The maximum Gasteiger partial charge on any atom is 0.254 e. The Balaban J connectivity index is 1.48. The summed E-state index contributed by atoms with van der Waals surface area (Å²) in [6.07, 6.45) is 6.14. The predicted octanol–water partition coefficient (Wildman–Crippen LogP) is 3.41. The van der Waals surface area contributed by atoms with E-state index >= 15 is 0 Å². The minimum absolute atomic E-state index is 0.277. The fourth-order valence-corrected chi connectivity index (χ4v) is 3.82. The molecule has 1 amide bonds. The fraction of sp³-hybridized carbons (Fsp3) is 0.318. The standard InChI is InChI=1S/C22H24F2N6O/c1-22(6-8-29(9-7-22)13-15-10-17(24)12-26-11-15)30-14-19(20(25)31)21(28-30)27-18-4-2-16(23)3-5-18/h2-5,10-12,14H,6-9,13H2,1H3,(H2,25,31)(H,27,28). The molecule has 1 saturated heterocycles. The van der Waals surface area contributed by atoms with E-state index in [1.54, 1.807) is 29.2 Å². The van der Waals surface area contributed by atoms with Crippen LogP contribution in [0.5, 0.6) is 0 Å². The zero-order chi connectivity index (χ0) is 22.0. The third kappa shape index (κ3) is 4.72. The van der Waals surface area contributed by atoms with Crippen LogP contribution in [0.25, 0.3) is 0 Å². The van der Waals surface area contributed by atoms with Gasteiger partial charge in [-0.15, -0.1) is 0 Å². The second-order valence-electron chi connectivity index (χ2n) is 8.12. The van der Waals surface area contributed by atoms with Crippen LogP contribution in [0.4, 0.5) is 20.3 Å². The second-order valence-corrected chi connectivity index (χ2v) is 8.12. The number of primary amides is 1. The molecule has 0 unspecified atom stereocenters. The van der Waals surface area contributed by atoms with E-state index in [9.17, 15) is 13.6 Å². The number of piperidine rings is 1. The number of pyridine rings is 1. The Hall–Kier alpha value is -3.33. The first kappa shape index (κ1) is 20.9. The van der Waals surface area contributed by atoms with Crippen LogP contribution in [0.2, 0.25) is 0 Å². The van der Waals surface area contributed by atoms with E-state index in [0.717, 1.165) is 31.5 Å². The fourth-order valence-electron chi connectivity index (χ4n) is 3.82. The van der Waals surface area contributed by atoms with Crippen LogP contribution in [0, 0.1) is 11.6 Å². The number of halogens is 2. The van der Waals surface area contributed by atoms with Gasteiger partial charge in [-0.25, -0.2) is 8.78 Å². The SMILES string of the molecule is CC1(n2cc(C(N)=O)c(Nc3ccc(F)cc3)n2)CCN(Cc2cncc(F)c2)CC1. The number of nitrogens with two attached hydrogens (primary N) is 1. The topological polar surface area (TPSA) is 89.1 Å². The molecule has 3 aromatic rings. The number of aromatic nitrogens is 3. The number of rotatable bonds is 6. The molecule has 1 aliphatic rings. The van der Waals surface area contributed by atoms with E-state index in [2.05, 4.69) is 27.2 Å². The molecular formula is C22H24F2N6O. The van der Waals surface area contributed by atoms with E-state index in [1.807, 2.05) is 0 Å². The monoisotopic (exact) mass is 426 g/mol. The Labute approximate surface area is 178 Å². The van der Waals surface area contributed by atoms with Crippen LogP contribution in [0.1, 0.15) is 35.7 Å². The molecule has 0 saturated carbocycles. The predicted molar refractivity (Wildman–Crippen MR) is 113 cm³/mol. The van der Waals surface area contributed by atoms with Gasteiger partial charge in [-0.3, -0.25) is 19.4 Å². The van der Waals surface area contributed by atoms with Crippen LogP contribution in [0.3, 0.4) is 0 Å². The molecule has 0 bridgehead atoms. The van der Waals surface area contributed by atoms with E-state index in [1.165, 1.54) is 24.4 Å². The Morgan fingerprint density at radius 3 is 2.52 bits per heavy atom. The minimum atomic E-state index is -0.587. The summed E-state index contributed by atoms with van der Waals surface area (Å²) in [4.78, 5) is 18.1. The van der Waals surface area contributed by atoms with Gasteiger partial charge in [0.15, 0.2) is 5.82 Å². The van der Waals surface area contributed by atoms with Gasteiger partial charge < -0.3 is 11.1 Å². The Kier molecular flexibility index (Phi) is 5.69. The van der Waals surface area contributed by atoms with Gasteiger partial charge in [0.1, 0.15) is 17.2 Å². The van der Waals surface area contributed by atoms with Gasteiger partial charge in [0.05, 0.1) is 11.7 Å². The van der Waals surface area contributed by atoms with Gasteiger partial charge >= 0.3 is 0 Å². The van der Waals surface area contributed by atoms with Crippen molar-refractivity contribution in [2.75, 3.05) is 18.4 Å². The zero-order valence-corrected chi connectivity index (χ0v) is 17.2. The van der Waals surface area contributed by atoms with Crippen molar-refractivity contribution >= 4 is 17.4 Å². The summed E-state index contributed by atoms with van der Waals surface area (Å²) in [6, 6.07) is 7.30. The van der Waals surface area contributed by atoms with Crippen molar-refractivity contribution in [1.29, 1.82) is 0 Å². The van der Waals surface area contributed by atoms with Gasteiger partial charge in [0, 0.05) is 37.7 Å². The van der Waals surface area contributed by atoms with Crippen molar-refractivity contribution in [2.24, 2.45) is 5.73 Å². The minimum Gasteiger partial charge on any atom is -0.365 e. The number of benzene rings is 1. The number of nitrogens with one attached hydrogen (secondary N) is 1. The zero-order valence-electron chi connectivity index (χ0n) is 17.2. The summed E-state index contributed by atoms with van der Waals surface area (Å²) in [5, 5.41) is 7.65. The third-order valence-corrected chi connectivity index (χ3v) is 5.74. The summed E-state index contributed by atoms with van der Waals surface area (Å²) in [5.74, 6) is -0.931. The Morgan fingerprint density at radius 1 is 1.16 bits per heavy atom. The number of carbonyl (C=O) groups is 1. The Bertz CT molecular complexity index is 1070. The molecule has 1 aliphatic heterocycles. The smallest absolute Gasteiger partial charge is 0.254 e. The van der Waals surface area contributed by atoms with Crippen molar-refractivity contribution in [3.05, 3.63) is 71.7 Å². The Morgan fingerprint density at radius 2 is 1.87 bits per heavy atom. The average molecular weight is 426 g/mol. The molecular weight excluding hydrogens is 402 g/mol. The van der Waals surface area contributed by atoms with Crippen LogP contribution in [-0.4, -0.2) is 38.7 Å². The highest BCUT2D eigenvalue weighted by molar-refractivity contribution is 5.98. The first-order valence-electron chi connectivity index (χ1n) is 10.1. The highest BCUT2D eigenvalue weighted by Gasteiger charge is 2.34. The number of carbonyl (C=O) groups excluding carboxylic acids is 1. The number of nitrogens with zero attached hydrogens (tertiary/aromatic N) is 4. The third-order valence-electron chi connectivity index (χ3n) is 5.74. The molecule has 1 aromatic carbocycles. The number of hydrogen-bond acceptors (Lipinski definition) is 5. The second kappa shape index (κ2) is 8.43. The van der Waals surface area contributed by atoms with Gasteiger partial charge in [-0.2, -0.15) is 5.10 Å². The molecule has 31 heavy (non-hydrogen) atoms. The lowest BCUT2D eigenvalue weighted by atomic mass is 9.89. The van der Waals surface area contributed by atoms with E-state index in [-0.39, 0.29) is 22.7 Å². The summed E-state index contributed by atoms with van der Waals surface area (Å²) < 4.78 is 28.4. The van der Waals surface area contributed by atoms with Gasteiger partial charge in [0.2, 0.25) is 0 Å². The molecule has 1 fully saturated rings. The molecule has 3 heterocycles. The summed E-state index contributed by atoms with van der Waals surface area (Å²) >= 11 is 0. The molecule has 3 N–H and O–H groups in total. The lowest BCUT2D eigenvalue weighted by Gasteiger charge is -2.39. The van der Waals surface area contributed by atoms with E-state index in [0.29, 0.717) is 18.1 Å². The van der Waals surface area contributed by atoms with Crippen LogP contribution < -0.4 is 11.1 Å². The quantitative estimate of drug-likeness (QED) is 0.631.